The fourth-order valence-electron chi connectivity index (χ4n) is 4.89. The maximum atomic E-state index is 12.6. The van der Waals surface area contributed by atoms with Gasteiger partial charge in [0.1, 0.15) is 11.8 Å². The minimum atomic E-state index is -4.18. The molecule has 38 heavy (non-hydrogen) atoms. The number of carboxylic acids is 1. The first-order valence-corrected chi connectivity index (χ1v) is 14.2. The van der Waals surface area contributed by atoms with Gasteiger partial charge in [-0.25, -0.2) is 9.59 Å². The molecular weight excluding hydrogens is 510 g/mol. The van der Waals surface area contributed by atoms with Gasteiger partial charge in [-0.1, -0.05) is 38.8 Å². The van der Waals surface area contributed by atoms with Crippen molar-refractivity contribution >= 4 is 33.9 Å². The molecule has 2 N–H and O–H groups in total. The molecule has 1 aliphatic heterocycles. The number of carbonyl (C=O) groups is 2. The van der Waals surface area contributed by atoms with E-state index in [2.05, 4.69) is 28.0 Å². The van der Waals surface area contributed by atoms with E-state index in [4.69, 9.17) is 4.74 Å². The molecule has 0 aromatic heterocycles. The number of aliphatic carboxylic acids is 1. The van der Waals surface area contributed by atoms with Crippen molar-refractivity contribution in [3.8, 4) is 5.75 Å². The van der Waals surface area contributed by atoms with Crippen LogP contribution in [0, 0.1) is 0 Å². The van der Waals surface area contributed by atoms with Crippen molar-refractivity contribution < 1.29 is 27.9 Å². The standard InChI is InChI=1S/C26H41N5O6S/c1-9-15-25(3,4)31(26(5,6)16-10-2)22-21(28-38(35,36)29-22)27-20(23(32)33)17-18-11-13-19(14-12-18)37-24(34)30(7)8/h11-14,20H,9-10,15-17H2,1-8H3,(H,27,28)(H,32,33)/t20-/m0/s1. The van der Waals surface area contributed by atoms with Gasteiger partial charge < -0.3 is 25.0 Å². The summed E-state index contributed by atoms with van der Waals surface area (Å²) in [5.74, 6) is -0.812. The Morgan fingerprint density at radius 1 is 1.00 bits per heavy atom. The average Bonchev–Trinajstić information content (AvgIpc) is 3.06. The molecule has 11 nitrogen and oxygen atoms in total. The lowest BCUT2D eigenvalue weighted by atomic mass is 9.86. The van der Waals surface area contributed by atoms with Gasteiger partial charge in [0.15, 0.2) is 11.7 Å². The fourth-order valence-corrected chi connectivity index (χ4v) is 5.69. The Morgan fingerprint density at radius 2 is 1.53 bits per heavy atom. The average molecular weight is 552 g/mol. The third kappa shape index (κ3) is 7.92. The molecule has 0 unspecified atom stereocenters. The molecular formula is C26H41N5O6S. The topological polar surface area (TPSA) is 141 Å². The van der Waals surface area contributed by atoms with Gasteiger partial charge in [-0.2, -0.15) is 8.42 Å². The molecule has 0 spiro atoms. The predicted octanol–water partition coefficient (Wildman–Crippen LogP) is 3.85. The number of carboxylic acid groups (broad SMARTS) is 1. The van der Waals surface area contributed by atoms with Crippen molar-refractivity contribution in [3.63, 3.8) is 0 Å². The largest absolute Gasteiger partial charge is 0.480 e. The highest BCUT2D eigenvalue weighted by Gasteiger charge is 2.44. The maximum absolute atomic E-state index is 12.6. The zero-order valence-corrected chi connectivity index (χ0v) is 24.4. The number of nitrogens with one attached hydrogen (secondary N) is 1. The van der Waals surface area contributed by atoms with Crippen LogP contribution in [0.1, 0.15) is 72.8 Å². The lowest BCUT2D eigenvalue weighted by molar-refractivity contribution is -0.139. The first-order chi connectivity index (χ1) is 17.5. The highest BCUT2D eigenvalue weighted by atomic mass is 32.2. The van der Waals surface area contributed by atoms with Gasteiger partial charge in [-0.3, -0.25) is 0 Å². The van der Waals surface area contributed by atoms with Gasteiger partial charge in [-0.05, 0) is 58.2 Å². The van der Waals surface area contributed by atoms with E-state index in [0.29, 0.717) is 11.3 Å². The summed E-state index contributed by atoms with van der Waals surface area (Å²) in [7, 11) is -1.05. The van der Waals surface area contributed by atoms with Crippen LogP contribution in [0.2, 0.25) is 0 Å². The van der Waals surface area contributed by atoms with Gasteiger partial charge in [-0.15, -0.1) is 8.80 Å². The summed E-state index contributed by atoms with van der Waals surface area (Å²) in [6, 6.07) is 5.26. The van der Waals surface area contributed by atoms with E-state index >= 15 is 0 Å². The van der Waals surface area contributed by atoms with E-state index in [-0.39, 0.29) is 18.1 Å². The van der Waals surface area contributed by atoms with E-state index < -0.39 is 39.4 Å². The first-order valence-electron chi connectivity index (χ1n) is 12.8. The van der Waals surface area contributed by atoms with Crippen LogP contribution in [0.4, 0.5) is 4.79 Å². The number of amides is 1. The van der Waals surface area contributed by atoms with Gasteiger partial charge in [0.05, 0.1) is 0 Å². The highest BCUT2D eigenvalue weighted by molar-refractivity contribution is 7.89. The molecule has 0 saturated heterocycles. The predicted molar refractivity (Wildman–Crippen MR) is 148 cm³/mol. The highest BCUT2D eigenvalue weighted by Crippen LogP contribution is 2.34. The third-order valence-corrected chi connectivity index (χ3v) is 7.13. The molecule has 1 atom stereocenters. The van der Waals surface area contributed by atoms with Crippen molar-refractivity contribution in [2.75, 3.05) is 14.1 Å². The zero-order valence-electron chi connectivity index (χ0n) is 23.6. The Morgan fingerprint density at radius 3 is 1.97 bits per heavy atom. The number of hydrogen-bond donors (Lipinski definition) is 2. The summed E-state index contributed by atoms with van der Waals surface area (Å²) in [5, 5.41) is 12.8. The molecule has 212 valence electrons. The van der Waals surface area contributed by atoms with E-state index in [0.717, 1.165) is 25.7 Å². The fraction of sp³-hybridized carbons (Fsp3) is 0.615. The molecule has 0 bridgehead atoms. The van der Waals surface area contributed by atoms with E-state index in [9.17, 15) is 23.1 Å². The summed E-state index contributed by atoms with van der Waals surface area (Å²) >= 11 is 0. The van der Waals surface area contributed by atoms with Crippen LogP contribution in [0.15, 0.2) is 33.1 Å². The minimum absolute atomic E-state index is 0.0281. The Labute approximate surface area is 226 Å². The Bertz CT molecular complexity index is 1160. The second-order valence-corrected chi connectivity index (χ2v) is 12.2. The molecule has 12 heteroatoms. The van der Waals surface area contributed by atoms with Crippen LogP contribution in [0.3, 0.4) is 0 Å². The lowest BCUT2D eigenvalue weighted by Gasteiger charge is -2.50. The van der Waals surface area contributed by atoms with E-state index in [1.807, 2.05) is 32.6 Å². The molecule has 1 aliphatic rings. The molecule has 0 saturated carbocycles. The lowest BCUT2D eigenvalue weighted by Crippen LogP contribution is -2.62. The normalized spacial score (nSPS) is 15.8. The van der Waals surface area contributed by atoms with E-state index in [1.165, 1.54) is 4.90 Å². The van der Waals surface area contributed by atoms with Crippen molar-refractivity contribution in [1.29, 1.82) is 0 Å². The number of carbonyl (C=O) groups excluding carboxylic acids is 1. The summed E-state index contributed by atoms with van der Waals surface area (Å²) < 4.78 is 38.1. The summed E-state index contributed by atoms with van der Waals surface area (Å²) in [6.45, 7) is 12.2. The smallest absolute Gasteiger partial charge is 0.414 e. The molecule has 1 aromatic carbocycles. The molecule has 1 aromatic rings. The van der Waals surface area contributed by atoms with Crippen LogP contribution in [-0.2, 0) is 21.4 Å². The molecule has 0 radical (unpaired) electrons. The quantitative estimate of drug-likeness (QED) is 0.423. The van der Waals surface area contributed by atoms with Crippen molar-refractivity contribution in [3.05, 3.63) is 29.8 Å². The SMILES string of the molecule is CCCC(C)(C)N(C1=NS(=O)(=O)N=C1N[C@@H](Cc1ccc(OC(=O)N(C)C)cc1)C(=O)O)C(C)(C)CCC. The molecule has 1 amide bonds. The Balaban J connectivity index is 2.39. The van der Waals surface area contributed by atoms with Crippen LogP contribution in [0.25, 0.3) is 0 Å². The monoisotopic (exact) mass is 551 g/mol. The van der Waals surface area contributed by atoms with Gasteiger partial charge in [0.2, 0.25) is 0 Å². The second-order valence-electron chi connectivity index (χ2n) is 10.9. The number of nitrogens with zero attached hydrogens (tertiary/aromatic N) is 4. The van der Waals surface area contributed by atoms with Crippen molar-refractivity contribution in [2.24, 2.45) is 8.80 Å². The number of rotatable bonds is 11. The molecule has 0 fully saturated rings. The maximum Gasteiger partial charge on any atom is 0.414 e. The molecule has 0 aliphatic carbocycles. The van der Waals surface area contributed by atoms with Crippen molar-refractivity contribution in [1.82, 2.24) is 15.1 Å². The van der Waals surface area contributed by atoms with Crippen LogP contribution < -0.4 is 10.1 Å². The Hall–Kier alpha value is -3.15. The first kappa shape index (κ1) is 31.1. The van der Waals surface area contributed by atoms with Crippen LogP contribution in [-0.4, -0.2) is 78.3 Å². The van der Waals surface area contributed by atoms with Gasteiger partial charge in [0, 0.05) is 31.6 Å². The molecule has 2 rings (SSSR count). The zero-order chi connectivity index (χ0) is 28.9. The summed E-state index contributed by atoms with van der Waals surface area (Å²) in [6.07, 6.45) is 2.75. The second kappa shape index (κ2) is 12.1. The number of ether oxygens (including phenoxy) is 1. The number of benzene rings is 1. The number of amidine groups is 2. The van der Waals surface area contributed by atoms with Gasteiger partial charge >= 0.3 is 22.3 Å². The van der Waals surface area contributed by atoms with E-state index in [1.54, 1.807) is 38.4 Å². The van der Waals surface area contributed by atoms with Crippen LogP contribution >= 0.6 is 0 Å². The number of hydrogen-bond acceptors (Lipinski definition) is 7. The molecule has 1 heterocycles. The third-order valence-electron chi connectivity index (χ3n) is 6.31. The van der Waals surface area contributed by atoms with Crippen molar-refractivity contribution in [2.45, 2.75) is 90.8 Å². The van der Waals surface area contributed by atoms with Crippen LogP contribution in [0.5, 0.6) is 5.75 Å². The summed E-state index contributed by atoms with van der Waals surface area (Å²) in [5.41, 5.74) is -0.316. The Kier molecular flexibility index (Phi) is 9.93. The van der Waals surface area contributed by atoms with Gasteiger partial charge in [0.25, 0.3) is 0 Å². The summed E-state index contributed by atoms with van der Waals surface area (Å²) in [4.78, 5) is 27.2. The minimum Gasteiger partial charge on any atom is -0.480 e.